The molecule has 2 aromatic heterocycles. The average molecular weight is 276 g/mol. The third kappa shape index (κ3) is 1.96. The van der Waals surface area contributed by atoms with E-state index >= 15 is 0 Å². The van der Waals surface area contributed by atoms with Crippen molar-refractivity contribution in [3.05, 3.63) is 53.3 Å². The Hall–Kier alpha value is -1.58. The second-order valence-corrected chi connectivity index (χ2v) is 5.28. The van der Waals surface area contributed by atoms with Gasteiger partial charge in [-0.3, -0.25) is 4.98 Å². The fourth-order valence-electron chi connectivity index (χ4n) is 1.73. The van der Waals surface area contributed by atoms with Crippen molar-refractivity contribution in [2.45, 2.75) is 6.92 Å². The lowest BCUT2D eigenvalue weighted by molar-refractivity contribution is 0.490. The van der Waals surface area contributed by atoms with Crippen LogP contribution in [-0.2, 0) is 0 Å². The topological polar surface area (TPSA) is 22.1 Å². The van der Waals surface area contributed by atoms with E-state index < -0.39 is 0 Å². The van der Waals surface area contributed by atoms with E-state index in [9.17, 15) is 0 Å². The summed E-state index contributed by atoms with van der Waals surface area (Å²) in [6, 6.07) is 11.7. The molecule has 0 N–H and O–H groups in total. The predicted octanol–water partition coefficient (Wildman–Crippen LogP) is 5.05. The molecule has 0 spiro atoms. The second kappa shape index (κ2) is 4.59. The molecule has 0 saturated carbocycles. The van der Waals surface area contributed by atoms with E-state index in [4.69, 9.17) is 16.3 Å². The number of hydrogen-bond donors (Lipinski definition) is 0. The van der Waals surface area contributed by atoms with Gasteiger partial charge in [0.15, 0.2) is 0 Å². The van der Waals surface area contributed by atoms with Crippen molar-refractivity contribution in [1.29, 1.82) is 0 Å². The first kappa shape index (κ1) is 11.5. The van der Waals surface area contributed by atoms with Crippen molar-refractivity contribution in [1.82, 2.24) is 4.98 Å². The van der Waals surface area contributed by atoms with Crippen LogP contribution in [0.25, 0.3) is 10.1 Å². The molecule has 1 aromatic carbocycles. The van der Waals surface area contributed by atoms with Crippen LogP contribution in [0.2, 0.25) is 5.02 Å². The fourth-order valence-corrected chi connectivity index (χ4v) is 3.07. The van der Waals surface area contributed by atoms with Crippen LogP contribution in [0.15, 0.2) is 42.6 Å². The summed E-state index contributed by atoms with van der Waals surface area (Å²) < 4.78 is 6.97. The number of halogens is 1. The van der Waals surface area contributed by atoms with Crippen molar-refractivity contribution >= 4 is 33.0 Å². The van der Waals surface area contributed by atoms with Crippen molar-refractivity contribution in [3.8, 4) is 10.8 Å². The summed E-state index contributed by atoms with van der Waals surface area (Å²) in [5.74, 6) is 0.742. The minimum absolute atomic E-state index is 0.666. The van der Waals surface area contributed by atoms with Crippen LogP contribution in [0.1, 0.15) is 5.69 Å². The molecule has 0 atom stereocenters. The van der Waals surface area contributed by atoms with Gasteiger partial charge in [-0.25, -0.2) is 0 Å². The molecular formula is C14H10ClNOS. The molecule has 2 heterocycles. The van der Waals surface area contributed by atoms with E-state index in [-0.39, 0.29) is 0 Å². The molecule has 0 fully saturated rings. The van der Waals surface area contributed by atoms with E-state index in [1.165, 1.54) is 0 Å². The summed E-state index contributed by atoms with van der Waals surface area (Å²) in [6.07, 6.45) is 1.74. The van der Waals surface area contributed by atoms with E-state index in [2.05, 4.69) is 4.98 Å². The molecule has 0 aliphatic carbocycles. The minimum atomic E-state index is 0.666. The second-order valence-electron chi connectivity index (χ2n) is 3.89. The highest BCUT2D eigenvalue weighted by atomic mass is 35.5. The van der Waals surface area contributed by atoms with Crippen molar-refractivity contribution in [2.24, 2.45) is 0 Å². The van der Waals surface area contributed by atoms with Crippen molar-refractivity contribution in [2.75, 3.05) is 0 Å². The normalized spacial score (nSPS) is 10.8. The number of aryl methyl sites for hydroxylation is 1. The van der Waals surface area contributed by atoms with Gasteiger partial charge in [0.2, 0.25) is 5.06 Å². The number of pyridine rings is 1. The van der Waals surface area contributed by atoms with Crippen LogP contribution < -0.4 is 4.74 Å². The molecular weight excluding hydrogens is 266 g/mol. The standard InChI is InChI=1S/C14H10ClNOS/c1-9-11(6-4-8-16-9)17-14-13(15)10-5-2-3-7-12(10)18-14/h2-8H,1H3. The zero-order chi connectivity index (χ0) is 12.5. The highest BCUT2D eigenvalue weighted by molar-refractivity contribution is 7.21. The smallest absolute Gasteiger partial charge is 0.200 e. The molecule has 3 rings (SSSR count). The van der Waals surface area contributed by atoms with Crippen LogP contribution in [0, 0.1) is 6.92 Å². The monoisotopic (exact) mass is 275 g/mol. The number of thiophene rings is 1. The molecule has 90 valence electrons. The van der Waals surface area contributed by atoms with Gasteiger partial charge < -0.3 is 4.74 Å². The highest BCUT2D eigenvalue weighted by Gasteiger charge is 2.12. The molecule has 0 bridgehead atoms. The summed E-state index contributed by atoms with van der Waals surface area (Å²) in [4.78, 5) is 4.20. The Bertz CT molecular complexity index is 708. The molecule has 18 heavy (non-hydrogen) atoms. The Morgan fingerprint density at radius 2 is 2.00 bits per heavy atom. The van der Waals surface area contributed by atoms with E-state index in [0.717, 1.165) is 21.5 Å². The number of nitrogens with zero attached hydrogens (tertiary/aromatic N) is 1. The lowest BCUT2D eigenvalue weighted by atomic mass is 10.3. The quantitative estimate of drug-likeness (QED) is 0.653. The zero-order valence-electron chi connectivity index (χ0n) is 9.68. The summed E-state index contributed by atoms with van der Waals surface area (Å²) in [7, 11) is 0. The lowest BCUT2D eigenvalue weighted by Gasteiger charge is -2.05. The number of fused-ring (bicyclic) bond motifs is 1. The maximum Gasteiger partial charge on any atom is 0.200 e. The molecule has 0 saturated heterocycles. The Labute approximate surface area is 114 Å². The molecule has 0 unspecified atom stereocenters. The Balaban J connectivity index is 2.06. The van der Waals surface area contributed by atoms with Gasteiger partial charge in [-0.05, 0) is 25.1 Å². The van der Waals surface area contributed by atoms with Gasteiger partial charge >= 0.3 is 0 Å². The summed E-state index contributed by atoms with van der Waals surface area (Å²) >= 11 is 7.87. The largest absolute Gasteiger partial charge is 0.443 e. The van der Waals surface area contributed by atoms with Crippen LogP contribution in [0.3, 0.4) is 0 Å². The zero-order valence-corrected chi connectivity index (χ0v) is 11.3. The minimum Gasteiger partial charge on any atom is -0.443 e. The van der Waals surface area contributed by atoms with Crippen LogP contribution in [0.5, 0.6) is 10.8 Å². The Kier molecular flexibility index (Phi) is 2.94. The SMILES string of the molecule is Cc1ncccc1Oc1sc2ccccc2c1Cl. The van der Waals surface area contributed by atoms with E-state index in [1.54, 1.807) is 17.5 Å². The van der Waals surface area contributed by atoms with E-state index in [0.29, 0.717) is 10.1 Å². The molecule has 3 aromatic rings. The van der Waals surface area contributed by atoms with Crippen LogP contribution in [0.4, 0.5) is 0 Å². The maximum absolute atomic E-state index is 6.32. The molecule has 0 aliphatic heterocycles. The predicted molar refractivity (Wildman–Crippen MR) is 75.9 cm³/mol. The maximum atomic E-state index is 6.32. The van der Waals surface area contributed by atoms with Crippen LogP contribution in [-0.4, -0.2) is 4.98 Å². The lowest BCUT2D eigenvalue weighted by Crippen LogP contribution is -1.87. The molecule has 0 radical (unpaired) electrons. The van der Waals surface area contributed by atoms with Gasteiger partial charge in [0.05, 0.1) is 5.69 Å². The first-order chi connectivity index (χ1) is 8.75. The highest BCUT2D eigenvalue weighted by Crippen LogP contribution is 2.43. The number of rotatable bonds is 2. The molecule has 4 heteroatoms. The molecule has 0 aliphatic rings. The number of benzene rings is 1. The Morgan fingerprint density at radius 3 is 2.78 bits per heavy atom. The van der Waals surface area contributed by atoms with E-state index in [1.807, 2.05) is 43.3 Å². The van der Waals surface area contributed by atoms with Crippen LogP contribution >= 0.6 is 22.9 Å². The summed E-state index contributed by atoms with van der Waals surface area (Å²) in [5.41, 5.74) is 0.853. The number of aromatic nitrogens is 1. The van der Waals surface area contributed by atoms with Crippen molar-refractivity contribution in [3.63, 3.8) is 0 Å². The summed E-state index contributed by atoms with van der Waals surface area (Å²) in [5, 5.41) is 2.41. The van der Waals surface area contributed by atoms with Gasteiger partial charge in [0.1, 0.15) is 10.8 Å². The van der Waals surface area contributed by atoms with Gasteiger partial charge in [0.25, 0.3) is 0 Å². The van der Waals surface area contributed by atoms with Gasteiger partial charge in [-0.1, -0.05) is 41.1 Å². The van der Waals surface area contributed by atoms with Gasteiger partial charge in [0, 0.05) is 16.3 Å². The number of hydrogen-bond acceptors (Lipinski definition) is 3. The number of ether oxygens (including phenoxy) is 1. The molecule has 0 amide bonds. The fraction of sp³-hybridized carbons (Fsp3) is 0.0714. The Morgan fingerprint density at radius 1 is 1.17 bits per heavy atom. The first-order valence-corrected chi connectivity index (χ1v) is 6.71. The third-order valence-corrected chi connectivity index (χ3v) is 4.20. The van der Waals surface area contributed by atoms with Gasteiger partial charge in [-0.2, -0.15) is 0 Å². The first-order valence-electron chi connectivity index (χ1n) is 5.52. The third-order valence-electron chi connectivity index (χ3n) is 2.67. The van der Waals surface area contributed by atoms with Crippen molar-refractivity contribution < 1.29 is 4.74 Å². The summed E-state index contributed by atoms with van der Waals surface area (Å²) in [6.45, 7) is 1.91. The van der Waals surface area contributed by atoms with Gasteiger partial charge in [-0.15, -0.1) is 0 Å². The molecule has 2 nitrogen and oxygen atoms in total. The average Bonchev–Trinajstić information content (AvgIpc) is 2.70.